The van der Waals surface area contributed by atoms with Crippen LogP contribution >= 0.6 is 0 Å². The number of nitrogens with one attached hydrogen (secondary N) is 1. The van der Waals surface area contributed by atoms with Gasteiger partial charge in [-0.15, -0.1) is 0 Å². The van der Waals surface area contributed by atoms with E-state index in [9.17, 15) is 4.39 Å². The lowest BCUT2D eigenvalue weighted by Crippen LogP contribution is -2.19. The van der Waals surface area contributed by atoms with E-state index in [2.05, 4.69) is 15.3 Å². The monoisotopic (exact) mass is 197 g/mol. The summed E-state index contributed by atoms with van der Waals surface area (Å²) in [6, 6.07) is 0.198. The van der Waals surface area contributed by atoms with Crippen molar-refractivity contribution < 1.29 is 9.13 Å². The molecule has 2 atom stereocenters. The lowest BCUT2D eigenvalue weighted by Gasteiger charge is -2.09. The maximum Gasteiger partial charge on any atom is 0.233 e. The Kier molecular flexibility index (Phi) is 2.11. The average Bonchev–Trinajstić information content (AvgIpc) is 2.78. The first-order valence-electron chi connectivity index (χ1n) is 4.43. The van der Waals surface area contributed by atoms with Crippen molar-refractivity contribution in [1.82, 2.24) is 9.97 Å². The predicted molar refractivity (Wildman–Crippen MR) is 49.4 cm³/mol. The number of nitrogens with zero attached hydrogens (tertiary/aromatic N) is 2. The molecule has 14 heavy (non-hydrogen) atoms. The van der Waals surface area contributed by atoms with Crippen molar-refractivity contribution in [2.24, 2.45) is 0 Å². The van der Waals surface area contributed by atoms with Crippen LogP contribution in [0.3, 0.4) is 0 Å². The third kappa shape index (κ3) is 1.68. The molecule has 2 rings (SSSR count). The van der Waals surface area contributed by atoms with E-state index in [1.54, 1.807) is 7.11 Å². The Bertz CT molecular complexity index is 347. The molecule has 1 fully saturated rings. The highest BCUT2D eigenvalue weighted by Crippen LogP contribution is 2.40. The van der Waals surface area contributed by atoms with E-state index in [0.717, 1.165) is 12.6 Å². The highest BCUT2D eigenvalue weighted by molar-refractivity contribution is 5.37. The first kappa shape index (κ1) is 9.33. The molecule has 0 unspecified atom stereocenters. The summed E-state index contributed by atoms with van der Waals surface area (Å²) >= 11 is 0. The summed E-state index contributed by atoms with van der Waals surface area (Å²) in [5.74, 6) is -0.120. The van der Waals surface area contributed by atoms with Crippen LogP contribution in [-0.2, 0) is 4.74 Å². The molecule has 1 saturated carbocycles. The number of rotatable bonds is 3. The molecular formula is C9H12FN3O. The lowest BCUT2D eigenvalue weighted by atomic mass is 10.4. The Morgan fingerprint density at radius 2 is 2.43 bits per heavy atom. The van der Waals surface area contributed by atoms with Crippen molar-refractivity contribution in [3.63, 3.8) is 0 Å². The molecule has 1 aliphatic rings. The number of methoxy groups -OCH3 is 1. The van der Waals surface area contributed by atoms with Crippen LogP contribution in [0.25, 0.3) is 0 Å². The van der Waals surface area contributed by atoms with E-state index in [4.69, 9.17) is 4.74 Å². The van der Waals surface area contributed by atoms with Gasteiger partial charge < -0.3 is 10.1 Å². The van der Waals surface area contributed by atoms with E-state index in [0.29, 0.717) is 5.82 Å². The minimum atomic E-state index is -0.574. The number of ether oxygens (including phenoxy) is 1. The molecule has 5 heteroatoms. The van der Waals surface area contributed by atoms with E-state index in [1.165, 1.54) is 6.20 Å². The highest BCUT2D eigenvalue weighted by atomic mass is 19.1. The third-order valence-corrected chi connectivity index (χ3v) is 2.58. The first-order valence-corrected chi connectivity index (χ1v) is 4.43. The molecule has 1 heterocycles. The van der Waals surface area contributed by atoms with Crippen molar-refractivity contribution >= 4 is 5.82 Å². The normalized spacial score (nSPS) is 30.1. The molecule has 0 aliphatic heterocycles. The van der Waals surface area contributed by atoms with Crippen LogP contribution in [0.4, 0.5) is 10.2 Å². The SMILES string of the molecule is CO[C@@]1(C)C[C@H]1Nc1cncc(F)n1. The molecule has 0 radical (unpaired) electrons. The van der Waals surface area contributed by atoms with E-state index in [-0.39, 0.29) is 11.6 Å². The summed E-state index contributed by atoms with van der Waals surface area (Å²) in [4.78, 5) is 7.36. The Labute approximate surface area is 81.5 Å². The van der Waals surface area contributed by atoms with Gasteiger partial charge in [0.25, 0.3) is 0 Å². The quantitative estimate of drug-likeness (QED) is 0.791. The molecule has 0 aromatic carbocycles. The number of halogens is 1. The second-order valence-corrected chi connectivity index (χ2v) is 3.64. The van der Waals surface area contributed by atoms with Gasteiger partial charge in [0.1, 0.15) is 5.82 Å². The van der Waals surface area contributed by atoms with Gasteiger partial charge in [0.05, 0.1) is 24.0 Å². The van der Waals surface area contributed by atoms with Gasteiger partial charge in [-0.3, -0.25) is 4.98 Å². The van der Waals surface area contributed by atoms with Crippen LogP contribution in [0.5, 0.6) is 0 Å². The summed E-state index contributed by atoms with van der Waals surface area (Å²) in [5, 5.41) is 3.06. The number of hydrogen-bond acceptors (Lipinski definition) is 4. The molecule has 1 aromatic rings. The molecule has 0 saturated heterocycles. The summed E-state index contributed by atoms with van der Waals surface area (Å²) in [6.45, 7) is 2.00. The summed E-state index contributed by atoms with van der Waals surface area (Å²) in [5.41, 5.74) is -0.145. The largest absolute Gasteiger partial charge is 0.376 e. The van der Waals surface area contributed by atoms with Crippen LogP contribution in [0, 0.1) is 5.95 Å². The van der Waals surface area contributed by atoms with Crippen LogP contribution in [0.1, 0.15) is 13.3 Å². The van der Waals surface area contributed by atoms with Gasteiger partial charge >= 0.3 is 0 Å². The van der Waals surface area contributed by atoms with Gasteiger partial charge in [-0.25, -0.2) is 0 Å². The zero-order valence-corrected chi connectivity index (χ0v) is 8.12. The van der Waals surface area contributed by atoms with Crippen molar-refractivity contribution in [1.29, 1.82) is 0 Å². The Hall–Kier alpha value is -1.23. The van der Waals surface area contributed by atoms with Crippen molar-refractivity contribution in [3.05, 3.63) is 18.3 Å². The highest BCUT2D eigenvalue weighted by Gasteiger charge is 2.51. The Morgan fingerprint density at radius 1 is 1.64 bits per heavy atom. The zero-order valence-electron chi connectivity index (χ0n) is 8.12. The maximum absolute atomic E-state index is 12.7. The van der Waals surface area contributed by atoms with E-state index in [1.807, 2.05) is 6.92 Å². The second kappa shape index (κ2) is 3.16. The molecule has 1 aliphatic carbocycles. The molecule has 0 amide bonds. The van der Waals surface area contributed by atoms with Gasteiger partial charge in [0.2, 0.25) is 5.95 Å². The van der Waals surface area contributed by atoms with Crippen molar-refractivity contribution in [2.75, 3.05) is 12.4 Å². The smallest absolute Gasteiger partial charge is 0.233 e. The van der Waals surface area contributed by atoms with Gasteiger partial charge in [0.15, 0.2) is 0 Å². The summed E-state index contributed by atoms with van der Waals surface area (Å²) in [6.07, 6.45) is 3.48. The molecule has 0 bridgehead atoms. The number of anilines is 1. The second-order valence-electron chi connectivity index (χ2n) is 3.64. The molecule has 1 N–H and O–H groups in total. The standard InChI is InChI=1S/C9H12FN3O/c1-9(14-2)3-6(9)12-8-5-11-4-7(10)13-8/h4-6H,3H2,1-2H3,(H,12,13)/t6-,9+/m1/s1. The van der Waals surface area contributed by atoms with Crippen molar-refractivity contribution in [2.45, 2.75) is 25.0 Å². The van der Waals surface area contributed by atoms with Crippen LogP contribution in [0.15, 0.2) is 12.4 Å². The van der Waals surface area contributed by atoms with E-state index >= 15 is 0 Å². The average molecular weight is 197 g/mol. The number of hydrogen-bond donors (Lipinski definition) is 1. The first-order chi connectivity index (χ1) is 6.64. The van der Waals surface area contributed by atoms with Crippen LogP contribution in [0.2, 0.25) is 0 Å². The fourth-order valence-corrected chi connectivity index (χ4v) is 1.37. The summed E-state index contributed by atoms with van der Waals surface area (Å²) < 4.78 is 17.9. The Balaban J connectivity index is 2.00. The van der Waals surface area contributed by atoms with Crippen LogP contribution < -0.4 is 5.32 Å². The maximum atomic E-state index is 12.7. The molecule has 76 valence electrons. The minimum absolute atomic E-state index is 0.145. The Morgan fingerprint density at radius 3 is 3.00 bits per heavy atom. The molecule has 1 aromatic heterocycles. The van der Waals surface area contributed by atoms with Crippen LogP contribution in [-0.4, -0.2) is 28.7 Å². The zero-order chi connectivity index (χ0) is 10.2. The molecular weight excluding hydrogens is 185 g/mol. The fraction of sp³-hybridized carbons (Fsp3) is 0.556. The predicted octanol–water partition coefficient (Wildman–Crippen LogP) is 1.20. The van der Waals surface area contributed by atoms with Gasteiger partial charge in [0, 0.05) is 13.5 Å². The topological polar surface area (TPSA) is 47.0 Å². The van der Waals surface area contributed by atoms with Gasteiger partial charge in [-0.2, -0.15) is 9.37 Å². The summed E-state index contributed by atoms with van der Waals surface area (Å²) in [7, 11) is 1.67. The van der Waals surface area contributed by atoms with Crippen molar-refractivity contribution in [3.8, 4) is 0 Å². The minimum Gasteiger partial charge on any atom is -0.376 e. The fourth-order valence-electron chi connectivity index (χ4n) is 1.37. The van der Waals surface area contributed by atoms with Gasteiger partial charge in [-0.1, -0.05) is 0 Å². The molecule has 4 nitrogen and oxygen atoms in total. The lowest BCUT2D eigenvalue weighted by molar-refractivity contribution is 0.0936. The van der Waals surface area contributed by atoms with E-state index < -0.39 is 5.95 Å². The van der Waals surface area contributed by atoms with Gasteiger partial charge in [-0.05, 0) is 6.92 Å². The molecule has 0 spiro atoms. The third-order valence-electron chi connectivity index (χ3n) is 2.58. The number of aromatic nitrogens is 2.